The van der Waals surface area contributed by atoms with E-state index in [-0.39, 0.29) is 18.2 Å². The minimum Gasteiger partial charge on any atom is -0.472 e. The van der Waals surface area contributed by atoms with E-state index in [0.29, 0.717) is 23.7 Å². The molecule has 2 aromatic heterocycles. The average molecular weight is 403 g/mol. The lowest BCUT2D eigenvalue weighted by atomic mass is 10.2. The highest BCUT2D eigenvalue weighted by Gasteiger charge is 2.29. The largest absolute Gasteiger partial charge is 0.472 e. The molecule has 0 atom stereocenters. The summed E-state index contributed by atoms with van der Waals surface area (Å²) in [7, 11) is -3.42. The number of rotatable bonds is 5. The second kappa shape index (κ2) is 7.26. The van der Waals surface area contributed by atoms with Gasteiger partial charge in [0.2, 0.25) is 10.0 Å². The van der Waals surface area contributed by atoms with Gasteiger partial charge in [-0.25, -0.2) is 13.4 Å². The van der Waals surface area contributed by atoms with Crippen molar-refractivity contribution in [3.05, 3.63) is 70.6 Å². The van der Waals surface area contributed by atoms with E-state index in [1.807, 2.05) is 30.3 Å². The summed E-state index contributed by atoms with van der Waals surface area (Å²) >= 11 is 1.31. The van der Waals surface area contributed by atoms with Crippen LogP contribution >= 0.6 is 11.3 Å². The van der Waals surface area contributed by atoms with Gasteiger partial charge >= 0.3 is 0 Å². The summed E-state index contributed by atoms with van der Waals surface area (Å²) in [5.41, 5.74) is 2.02. The van der Waals surface area contributed by atoms with Gasteiger partial charge in [0.25, 0.3) is 5.91 Å². The highest BCUT2D eigenvalue weighted by Crippen LogP contribution is 2.30. The molecule has 0 saturated heterocycles. The van der Waals surface area contributed by atoms with E-state index in [9.17, 15) is 13.2 Å². The van der Waals surface area contributed by atoms with E-state index < -0.39 is 10.0 Å². The van der Waals surface area contributed by atoms with Gasteiger partial charge < -0.3 is 4.42 Å². The van der Waals surface area contributed by atoms with Crippen LogP contribution in [-0.2, 0) is 28.7 Å². The molecule has 3 heterocycles. The number of benzene rings is 1. The Kier molecular flexibility index (Phi) is 4.81. The van der Waals surface area contributed by atoms with Crippen molar-refractivity contribution in [3.63, 3.8) is 0 Å². The first-order valence-corrected chi connectivity index (χ1v) is 10.8. The highest BCUT2D eigenvalue weighted by atomic mass is 32.2. The first-order valence-electron chi connectivity index (χ1n) is 8.35. The van der Waals surface area contributed by atoms with E-state index in [4.69, 9.17) is 4.42 Å². The van der Waals surface area contributed by atoms with Crippen LogP contribution in [0.15, 0.2) is 53.3 Å². The summed E-state index contributed by atoms with van der Waals surface area (Å²) in [6, 6.07) is 10.7. The fourth-order valence-electron chi connectivity index (χ4n) is 2.90. The first-order chi connectivity index (χ1) is 13.0. The second-order valence-corrected chi connectivity index (χ2v) is 9.23. The molecule has 3 aromatic rings. The molecule has 0 bridgehead atoms. The van der Waals surface area contributed by atoms with E-state index in [1.165, 1.54) is 28.2 Å². The van der Waals surface area contributed by atoms with Crippen molar-refractivity contribution < 1.29 is 17.6 Å². The Morgan fingerprint density at radius 2 is 2.07 bits per heavy atom. The van der Waals surface area contributed by atoms with Gasteiger partial charge in [0.05, 0.1) is 23.3 Å². The maximum atomic E-state index is 12.7. The summed E-state index contributed by atoms with van der Waals surface area (Å²) in [5.74, 6) is -0.324. The maximum absolute atomic E-state index is 12.7. The number of amides is 1. The molecule has 0 unspecified atom stereocenters. The lowest BCUT2D eigenvalue weighted by Gasteiger charge is -2.25. The van der Waals surface area contributed by atoms with Crippen LogP contribution in [0.25, 0.3) is 0 Å². The van der Waals surface area contributed by atoms with Crippen molar-refractivity contribution in [1.29, 1.82) is 0 Å². The third kappa shape index (κ3) is 3.95. The minimum atomic E-state index is -3.42. The number of nitrogens with one attached hydrogen (secondary N) is 1. The number of carbonyl (C=O) groups is 1. The van der Waals surface area contributed by atoms with Crippen LogP contribution in [0.3, 0.4) is 0 Å². The number of hydrogen-bond donors (Lipinski definition) is 1. The number of nitrogens with zero attached hydrogens (tertiary/aromatic N) is 2. The average Bonchev–Trinajstić information content (AvgIpc) is 3.31. The zero-order valence-corrected chi connectivity index (χ0v) is 15.9. The van der Waals surface area contributed by atoms with Gasteiger partial charge in [-0.3, -0.25) is 10.1 Å². The predicted octanol–water partition coefficient (Wildman–Crippen LogP) is 2.88. The molecule has 7 nitrogen and oxygen atoms in total. The first kappa shape index (κ1) is 17.9. The van der Waals surface area contributed by atoms with Crippen LogP contribution in [0.5, 0.6) is 0 Å². The molecule has 0 spiro atoms. The summed E-state index contributed by atoms with van der Waals surface area (Å²) in [6.45, 7) is 0.671. The van der Waals surface area contributed by atoms with Crippen molar-refractivity contribution in [2.45, 2.75) is 18.7 Å². The van der Waals surface area contributed by atoms with Crippen LogP contribution < -0.4 is 5.32 Å². The number of thiazole rings is 1. The molecule has 0 fully saturated rings. The van der Waals surface area contributed by atoms with E-state index in [2.05, 4.69) is 10.3 Å². The lowest BCUT2D eigenvalue weighted by Crippen LogP contribution is -2.36. The van der Waals surface area contributed by atoms with Crippen LogP contribution in [0.4, 0.5) is 5.13 Å². The molecule has 1 aliphatic rings. The fourth-order valence-corrected chi connectivity index (χ4v) is 5.49. The summed E-state index contributed by atoms with van der Waals surface area (Å²) in [4.78, 5) is 17.4. The normalized spacial score (nSPS) is 14.7. The van der Waals surface area contributed by atoms with Crippen LogP contribution in [-0.4, -0.2) is 30.2 Å². The molecule has 4 rings (SSSR count). The summed E-state index contributed by atoms with van der Waals surface area (Å²) < 4.78 is 31.9. The standard InChI is InChI=1S/C18H17N3O4S2/c22-17(14-7-9-25-11-14)20-18-19-15-6-8-21(10-16(15)26-18)27(23,24)12-13-4-2-1-3-5-13/h1-5,7,9,11H,6,8,10,12H2,(H,19,20,22). The van der Waals surface area contributed by atoms with E-state index in [0.717, 1.165) is 16.1 Å². The van der Waals surface area contributed by atoms with Crippen LogP contribution in [0, 0.1) is 0 Å². The van der Waals surface area contributed by atoms with Crippen molar-refractivity contribution in [2.24, 2.45) is 0 Å². The third-order valence-electron chi connectivity index (χ3n) is 4.29. The smallest absolute Gasteiger partial charge is 0.260 e. The second-order valence-electron chi connectivity index (χ2n) is 6.18. The number of aromatic nitrogens is 1. The van der Waals surface area contributed by atoms with Gasteiger partial charge in [-0.15, -0.1) is 11.3 Å². The molecule has 0 saturated carbocycles. The van der Waals surface area contributed by atoms with Gasteiger partial charge in [0.15, 0.2) is 5.13 Å². The molecule has 1 aliphatic heterocycles. The molecular formula is C18H17N3O4S2. The Morgan fingerprint density at radius 1 is 1.26 bits per heavy atom. The molecule has 1 N–H and O–H groups in total. The molecule has 140 valence electrons. The Balaban J connectivity index is 1.47. The predicted molar refractivity (Wildman–Crippen MR) is 102 cm³/mol. The maximum Gasteiger partial charge on any atom is 0.260 e. The SMILES string of the molecule is O=C(Nc1nc2c(s1)CN(S(=O)(=O)Cc1ccccc1)CC2)c1ccoc1. The van der Waals surface area contributed by atoms with E-state index in [1.54, 1.807) is 6.07 Å². The Morgan fingerprint density at radius 3 is 2.81 bits per heavy atom. The number of fused-ring (bicyclic) bond motifs is 1. The lowest BCUT2D eigenvalue weighted by molar-refractivity contribution is 0.102. The number of anilines is 1. The van der Waals surface area contributed by atoms with Gasteiger partial charge in [0, 0.05) is 24.4 Å². The number of hydrogen-bond acceptors (Lipinski definition) is 6. The van der Waals surface area contributed by atoms with Crippen molar-refractivity contribution in [1.82, 2.24) is 9.29 Å². The van der Waals surface area contributed by atoms with E-state index >= 15 is 0 Å². The zero-order valence-electron chi connectivity index (χ0n) is 14.3. The van der Waals surface area contributed by atoms with Gasteiger partial charge in [-0.1, -0.05) is 30.3 Å². The molecule has 27 heavy (non-hydrogen) atoms. The topological polar surface area (TPSA) is 92.5 Å². The number of sulfonamides is 1. The zero-order chi connectivity index (χ0) is 18.9. The van der Waals surface area contributed by atoms with Gasteiger partial charge in [0.1, 0.15) is 6.26 Å². The molecule has 9 heteroatoms. The van der Waals surface area contributed by atoms with Crippen LogP contribution in [0.1, 0.15) is 26.5 Å². The molecular weight excluding hydrogens is 386 g/mol. The van der Waals surface area contributed by atoms with Crippen molar-refractivity contribution in [2.75, 3.05) is 11.9 Å². The van der Waals surface area contributed by atoms with Crippen molar-refractivity contribution >= 4 is 32.4 Å². The molecule has 1 amide bonds. The third-order valence-corrected chi connectivity index (χ3v) is 7.08. The van der Waals surface area contributed by atoms with Crippen molar-refractivity contribution in [3.8, 4) is 0 Å². The minimum absolute atomic E-state index is 0.0218. The molecule has 0 aliphatic carbocycles. The molecule has 0 radical (unpaired) electrons. The monoisotopic (exact) mass is 403 g/mol. The van der Waals surface area contributed by atoms with Crippen LogP contribution in [0.2, 0.25) is 0 Å². The summed E-state index contributed by atoms with van der Waals surface area (Å²) in [6.07, 6.45) is 3.32. The number of carbonyl (C=O) groups excluding carboxylic acids is 1. The summed E-state index contributed by atoms with van der Waals surface area (Å²) in [5, 5.41) is 3.20. The molecule has 1 aromatic carbocycles. The Bertz CT molecular complexity index is 1040. The number of furan rings is 1. The van der Waals surface area contributed by atoms with Gasteiger partial charge in [-0.2, -0.15) is 4.31 Å². The highest BCUT2D eigenvalue weighted by molar-refractivity contribution is 7.88. The quantitative estimate of drug-likeness (QED) is 0.707. The Labute approximate surface area is 160 Å². The van der Waals surface area contributed by atoms with Gasteiger partial charge in [-0.05, 0) is 11.6 Å². The Hall–Kier alpha value is -2.49. The fraction of sp³-hybridized carbons (Fsp3) is 0.222.